The van der Waals surface area contributed by atoms with Crippen LogP contribution in [0.1, 0.15) is 0 Å². The monoisotopic (exact) mass is 745 g/mol. The number of nitrogens with zero attached hydrogens (tertiary/aromatic N) is 5. The van der Waals surface area contributed by atoms with E-state index in [-0.39, 0.29) is 0 Å². The van der Waals surface area contributed by atoms with Crippen LogP contribution < -0.4 is 0 Å². The number of aromatic nitrogens is 5. The molecule has 0 bridgehead atoms. The van der Waals surface area contributed by atoms with Crippen LogP contribution in [0.25, 0.3) is 109 Å². The molecule has 6 heteroatoms. The molecule has 266 valence electrons. The molecule has 0 N–H and O–H groups in total. The molecule has 0 unspecified atom stereocenters. The summed E-state index contributed by atoms with van der Waals surface area (Å²) in [4.78, 5) is 15.9. The minimum absolute atomic E-state index is 0.574. The maximum absolute atomic E-state index is 5.40. The molecule has 12 aromatic rings. The van der Waals surface area contributed by atoms with E-state index >= 15 is 0 Å². The van der Waals surface area contributed by atoms with Gasteiger partial charge in [-0.15, -0.1) is 11.3 Å². The first-order valence-electron chi connectivity index (χ1n) is 19.1. The van der Waals surface area contributed by atoms with Crippen LogP contribution in [-0.2, 0) is 0 Å². The van der Waals surface area contributed by atoms with Crippen molar-refractivity contribution in [2.75, 3.05) is 0 Å². The molecule has 4 aromatic heterocycles. The van der Waals surface area contributed by atoms with Gasteiger partial charge in [-0.05, 0) is 47.5 Å². The van der Waals surface area contributed by atoms with Crippen LogP contribution in [0.5, 0.6) is 0 Å². The smallest absolute Gasteiger partial charge is 0.238 e. The molecule has 0 saturated carbocycles. The van der Waals surface area contributed by atoms with E-state index in [1.54, 1.807) is 0 Å². The Hall–Kier alpha value is -7.41. The Kier molecular flexibility index (Phi) is 7.03. The standard InChI is InChI=1S/C51H31N5S/c1-4-15-32(16-5-1)36-23-14-26-44-46(36)41-28-27-34(31-45(41)57-44)50-52-49(33-17-6-2-7-18-33)53-51(54-50)56-43-25-13-11-22-38(43)40-30-29-39-37-21-10-12-24-42(37)55(47(39)48(40)56)35-19-8-3-9-20-35/h1-31H. The van der Waals surface area contributed by atoms with Crippen molar-refractivity contribution in [3.8, 4) is 45.5 Å². The van der Waals surface area contributed by atoms with Gasteiger partial charge in [-0.1, -0.05) is 152 Å². The Morgan fingerprint density at radius 1 is 0.368 bits per heavy atom. The molecule has 0 aliphatic carbocycles. The molecule has 57 heavy (non-hydrogen) atoms. The fourth-order valence-electron chi connectivity index (χ4n) is 8.69. The SMILES string of the molecule is c1ccc(-c2nc(-c3ccc4c(c3)sc3cccc(-c5ccccc5)c34)nc(-n3c4ccccc4c4ccc5c6ccccc6n(-c6ccccc6)c5c43)n2)cc1. The van der Waals surface area contributed by atoms with Gasteiger partial charge in [-0.2, -0.15) is 9.97 Å². The summed E-state index contributed by atoms with van der Waals surface area (Å²) in [5.74, 6) is 1.83. The highest BCUT2D eigenvalue weighted by atomic mass is 32.1. The lowest BCUT2D eigenvalue weighted by atomic mass is 9.99. The number of fused-ring (bicyclic) bond motifs is 10. The van der Waals surface area contributed by atoms with Gasteiger partial charge in [0.25, 0.3) is 0 Å². The maximum Gasteiger partial charge on any atom is 0.238 e. The molecular weight excluding hydrogens is 715 g/mol. The Balaban J connectivity index is 1.16. The molecule has 0 fully saturated rings. The minimum Gasteiger partial charge on any atom is -0.307 e. The van der Waals surface area contributed by atoms with E-state index in [0.717, 1.165) is 49.7 Å². The molecule has 0 atom stereocenters. The van der Waals surface area contributed by atoms with Crippen LogP contribution in [0.2, 0.25) is 0 Å². The van der Waals surface area contributed by atoms with Gasteiger partial charge in [0.2, 0.25) is 5.95 Å². The topological polar surface area (TPSA) is 48.5 Å². The summed E-state index contributed by atoms with van der Waals surface area (Å²) in [5, 5.41) is 7.16. The van der Waals surface area contributed by atoms with Gasteiger partial charge in [-0.3, -0.25) is 4.57 Å². The summed E-state index contributed by atoms with van der Waals surface area (Å²) in [6.45, 7) is 0. The summed E-state index contributed by atoms with van der Waals surface area (Å²) < 4.78 is 7.10. The van der Waals surface area contributed by atoms with Gasteiger partial charge >= 0.3 is 0 Å². The fraction of sp³-hybridized carbons (Fsp3) is 0. The average Bonchev–Trinajstić information content (AvgIpc) is 3.95. The number of benzene rings is 8. The molecule has 5 nitrogen and oxygen atoms in total. The predicted octanol–water partition coefficient (Wildman–Crippen LogP) is 13.4. The normalized spacial score (nSPS) is 11.9. The largest absolute Gasteiger partial charge is 0.307 e. The number of hydrogen-bond acceptors (Lipinski definition) is 4. The van der Waals surface area contributed by atoms with Gasteiger partial charge in [0.15, 0.2) is 11.6 Å². The zero-order valence-corrected chi connectivity index (χ0v) is 31.4. The quantitative estimate of drug-likeness (QED) is 0.176. The third-order valence-corrected chi connectivity index (χ3v) is 12.3. The number of rotatable bonds is 5. The Bertz CT molecular complexity index is 3510. The average molecular weight is 746 g/mol. The van der Waals surface area contributed by atoms with E-state index in [1.165, 1.54) is 42.1 Å². The Morgan fingerprint density at radius 3 is 1.63 bits per heavy atom. The van der Waals surface area contributed by atoms with Crippen LogP contribution in [0.15, 0.2) is 188 Å². The molecule has 0 aliphatic heterocycles. The molecule has 0 spiro atoms. The highest BCUT2D eigenvalue weighted by molar-refractivity contribution is 7.26. The van der Waals surface area contributed by atoms with Crippen molar-refractivity contribution in [2.45, 2.75) is 0 Å². The zero-order valence-electron chi connectivity index (χ0n) is 30.5. The molecular formula is C51H31N5S. The first kappa shape index (κ1) is 31.9. The van der Waals surface area contributed by atoms with Crippen LogP contribution in [0, 0.1) is 0 Å². The lowest BCUT2D eigenvalue weighted by Crippen LogP contribution is -2.07. The summed E-state index contributed by atoms with van der Waals surface area (Å²) in [7, 11) is 0. The van der Waals surface area contributed by atoms with Gasteiger partial charge in [-0.25, -0.2) is 4.98 Å². The highest BCUT2D eigenvalue weighted by Gasteiger charge is 2.23. The highest BCUT2D eigenvalue weighted by Crippen LogP contribution is 2.43. The van der Waals surface area contributed by atoms with Gasteiger partial charge in [0.1, 0.15) is 0 Å². The molecule has 4 heterocycles. The summed E-state index contributed by atoms with van der Waals surface area (Å²) >= 11 is 1.81. The summed E-state index contributed by atoms with van der Waals surface area (Å²) in [6.07, 6.45) is 0. The minimum atomic E-state index is 0.574. The molecule has 12 rings (SSSR count). The van der Waals surface area contributed by atoms with Crippen LogP contribution >= 0.6 is 11.3 Å². The molecule has 8 aromatic carbocycles. The molecule has 0 saturated heterocycles. The first-order valence-corrected chi connectivity index (χ1v) is 19.9. The lowest BCUT2D eigenvalue weighted by molar-refractivity contribution is 0.953. The first-order chi connectivity index (χ1) is 28.3. The van der Waals surface area contributed by atoms with E-state index in [1.807, 2.05) is 29.5 Å². The Morgan fingerprint density at radius 2 is 0.930 bits per heavy atom. The number of para-hydroxylation sites is 3. The van der Waals surface area contributed by atoms with Crippen molar-refractivity contribution < 1.29 is 0 Å². The van der Waals surface area contributed by atoms with E-state index in [9.17, 15) is 0 Å². The Labute approximate surface area is 331 Å². The van der Waals surface area contributed by atoms with E-state index in [0.29, 0.717) is 17.6 Å². The lowest BCUT2D eigenvalue weighted by Gasteiger charge is -2.13. The van der Waals surface area contributed by atoms with Gasteiger partial charge < -0.3 is 4.57 Å². The predicted molar refractivity (Wildman–Crippen MR) is 238 cm³/mol. The third kappa shape index (κ3) is 4.91. The van der Waals surface area contributed by atoms with Crippen molar-refractivity contribution in [2.24, 2.45) is 0 Å². The van der Waals surface area contributed by atoms with Crippen molar-refractivity contribution >= 4 is 75.1 Å². The third-order valence-electron chi connectivity index (χ3n) is 11.2. The van der Waals surface area contributed by atoms with E-state index in [2.05, 4.69) is 179 Å². The number of hydrogen-bond donors (Lipinski definition) is 0. The fourth-order valence-corrected chi connectivity index (χ4v) is 9.86. The zero-order chi connectivity index (χ0) is 37.5. The maximum atomic E-state index is 5.40. The van der Waals surface area contributed by atoms with Crippen LogP contribution in [0.4, 0.5) is 0 Å². The van der Waals surface area contributed by atoms with Crippen molar-refractivity contribution in [1.29, 1.82) is 0 Å². The van der Waals surface area contributed by atoms with Crippen molar-refractivity contribution in [3.63, 3.8) is 0 Å². The molecule has 0 radical (unpaired) electrons. The summed E-state index contributed by atoms with van der Waals surface area (Å²) in [5.41, 5.74) is 9.79. The second-order valence-electron chi connectivity index (χ2n) is 14.4. The molecule has 0 aliphatic rings. The second kappa shape index (κ2) is 12.6. The van der Waals surface area contributed by atoms with E-state index < -0.39 is 0 Å². The van der Waals surface area contributed by atoms with Gasteiger partial charge in [0.05, 0.1) is 22.1 Å². The van der Waals surface area contributed by atoms with Crippen LogP contribution in [0.3, 0.4) is 0 Å². The summed E-state index contributed by atoms with van der Waals surface area (Å²) in [6, 6.07) is 66.6. The van der Waals surface area contributed by atoms with Crippen molar-refractivity contribution in [1.82, 2.24) is 24.1 Å². The van der Waals surface area contributed by atoms with Crippen LogP contribution in [-0.4, -0.2) is 24.1 Å². The number of thiophene rings is 1. The van der Waals surface area contributed by atoms with Gasteiger partial charge in [0, 0.05) is 58.5 Å². The van der Waals surface area contributed by atoms with Crippen molar-refractivity contribution in [3.05, 3.63) is 188 Å². The second-order valence-corrected chi connectivity index (χ2v) is 15.5. The molecule has 0 amide bonds. The van der Waals surface area contributed by atoms with E-state index in [4.69, 9.17) is 15.0 Å².